The fraction of sp³-hybridized carbons (Fsp3) is 0.385. The molecule has 0 spiro atoms. The number of alkyl halides is 3. The zero-order valence-corrected chi connectivity index (χ0v) is 30.1. The molecule has 13 heteroatoms. The Morgan fingerprint density at radius 2 is 1.52 bits per heavy atom. The topological polar surface area (TPSA) is 72.1 Å². The molecule has 7 rings (SSSR count). The van der Waals surface area contributed by atoms with Crippen LogP contribution in [-0.4, -0.2) is 60.4 Å². The molecule has 0 amide bonds. The van der Waals surface area contributed by atoms with Crippen molar-refractivity contribution < 1.29 is 17.6 Å². The summed E-state index contributed by atoms with van der Waals surface area (Å²) in [6.07, 6.45) is 0.485. The fourth-order valence-electron chi connectivity index (χ4n) is 7.36. The highest BCUT2D eigenvalue weighted by Crippen LogP contribution is 2.32. The number of rotatable bonds is 12. The molecule has 5 aromatic rings. The smallest absolute Gasteiger partial charge is 0.316 e. The molecule has 1 atom stereocenters. The molecule has 272 valence electrons. The van der Waals surface area contributed by atoms with Crippen molar-refractivity contribution in [2.75, 3.05) is 20.1 Å². The molecule has 1 fully saturated rings. The molecule has 0 radical (unpaired) electrons. The third kappa shape index (κ3) is 7.86. The second-order valence-electron chi connectivity index (χ2n) is 13.5. The van der Waals surface area contributed by atoms with Crippen LogP contribution in [0.25, 0.3) is 11.1 Å². The number of hydrogen-bond donors (Lipinski definition) is 0. The lowest BCUT2D eigenvalue weighted by atomic mass is 10.0. The average Bonchev–Trinajstić information content (AvgIpc) is 3.91. The molecule has 1 unspecified atom stereocenters. The first kappa shape index (κ1) is 36.0. The Morgan fingerprint density at radius 3 is 2.21 bits per heavy atom. The average molecular weight is 732 g/mol. The van der Waals surface area contributed by atoms with E-state index in [1.54, 1.807) is 12.1 Å². The van der Waals surface area contributed by atoms with Crippen LogP contribution in [0, 0.1) is 5.82 Å². The van der Waals surface area contributed by atoms with Crippen LogP contribution in [-0.2, 0) is 44.4 Å². The highest BCUT2D eigenvalue weighted by Gasteiger charge is 2.31. The number of aromatic nitrogens is 5. The summed E-state index contributed by atoms with van der Waals surface area (Å²) in [6.45, 7) is 5.66. The van der Waals surface area contributed by atoms with Gasteiger partial charge in [-0.25, -0.2) is 4.39 Å². The van der Waals surface area contributed by atoms with Crippen molar-refractivity contribution in [2.24, 2.45) is 0 Å². The van der Waals surface area contributed by atoms with E-state index in [2.05, 4.69) is 37.9 Å². The van der Waals surface area contributed by atoms with Crippen LogP contribution in [0.1, 0.15) is 65.8 Å². The van der Waals surface area contributed by atoms with Crippen LogP contribution in [0.5, 0.6) is 0 Å². The normalized spacial score (nSPS) is 16.2. The van der Waals surface area contributed by atoms with Crippen LogP contribution in [0.15, 0.2) is 82.7 Å². The zero-order chi connectivity index (χ0) is 36.4. The van der Waals surface area contributed by atoms with E-state index in [-0.39, 0.29) is 11.4 Å². The molecule has 0 saturated carbocycles. The van der Waals surface area contributed by atoms with E-state index in [1.807, 2.05) is 24.3 Å². The summed E-state index contributed by atoms with van der Waals surface area (Å²) >= 11 is 1.45. The highest BCUT2D eigenvalue weighted by molar-refractivity contribution is 7.98. The van der Waals surface area contributed by atoms with E-state index in [1.165, 1.54) is 36.0 Å². The van der Waals surface area contributed by atoms with Crippen LogP contribution in [0.4, 0.5) is 17.6 Å². The Hall–Kier alpha value is -4.33. The second-order valence-corrected chi connectivity index (χ2v) is 14.5. The van der Waals surface area contributed by atoms with Crippen molar-refractivity contribution in [1.82, 2.24) is 34.1 Å². The quantitative estimate of drug-likeness (QED) is 0.0752. The van der Waals surface area contributed by atoms with Gasteiger partial charge in [0.15, 0.2) is 11.0 Å². The Balaban J connectivity index is 1.20. The van der Waals surface area contributed by atoms with Gasteiger partial charge in [-0.05, 0) is 98.8 Å². The molecule has 1 aliphatic carbocycles. The predicted octanol–water partition coefficient (Wildman–Crippen LogP) is 7.41. The van der Waals surface area contributed by atoms with Crippen molar-refractivity contribution in [2.45, 2.75) is 81.9 Å². The maximum atomic E-state index is 13.6. The molecule has 3 heterocycles. The van der Waals surface area contributed by atoms with Gasteiger partial charge in [0, 0.05) is 17.0 Å². The summed E-state index contributed by atoms with van der Waals surface area (Å²) in [7, 11) is 2.12. The number of fused-ring (bicyclic) bond motifs is 1. The van der Waals surface area contributed by atoms with Gasteiger partial charge in [-0.1, -0.05) is 67.2 Å². The number of halogens is 4. The standard InChI is InChI=1S/C39H41F4N7OS/c1-3-48-21-5-8-36(48)47(2)23-34-45-46-35(50(34)22-26-9-13-28(14-10-26)29-15-17-30(18-16-29)39(41,42)43)24-49-33-7-4-6-32(33)37(51)44-38(49)52-25-27-11-19-31(40)20-12-27/h9-20,36H,3-8,21-25H2,1-2H3. The summed E-state index contributed by atoms with van der Waals surface area (Å²) in [5, 5.41) is 10.1. The lowest BCUT2D eigenvalue weighted by Gasteiger charge is -2.31. The number of likely N-dealkylation sites (tertiary alicyclic amines) is 1. The first-order valence-corrected chi connectivity index (χ1v) is 18.7. The zero-order valence-electron chi connectivity index (χ0n) is 29.2. The van der Waals surface area contributed by atoms with Crippen molar-refractivity contribution in [1.29, 1.82) is 0 Å². The lowest BCUT2D eigenvalue weighted by molar-refractivity contribution is -0.137. The van der Waals surface area contributed by atoms with Gasteiger partial charge < -0.3 is 9.13 Å². The number of thioether (sulfide) groups is 1. The van der Waals surface area contributed by atoms with Crippen LogP contribution in [0.3, 0.4) is 0 Å². The van der Waals surface area contributed by atoms with Crippen LogP contribution >= 0.6 is 11.8 Å². The molecule has 1 saturated heterocycles. The van der Waals surface area contributed by atoms with E-state index >= 15 is 0 Å². The lowest BCUT2D eigenvalue weighted by Crippen LogP contribution is -2.42. The third-order valence-electron chi connectivity index (χ3n) is 10.2. The van der Waals surface area contributed by atoms with Gasteiger partial charge in [0.05, 0.1) is 31.4 Å². The Morgan fingerprint density at radius 1 is 0.846 bits per heavy atom. The molecule has 2 aliphatic rings. The van der Waals surface area contributed by atoms with Crippen molar-refractivity contribution in [3.8, 4) is 11.1 Å². The number of nitrogens with zero attached hydrogens (tertiary/aromatic N) is 7. The van der Waals surface area contributed by atoms with Crippen LogP contribution < -0.4 is 5.56 Å². The summed E-state index contributed by atoms with van der Waals surface area (Å²) in [5.41, 5.74) is 4.29. The first-order valence-electron chi connectivity index (χ1n) is 17.7. The number of hydrogen-bond acceptors (Lipinski definition) is 7. The molecule has 3 aromatic carbocycles. The van der Waals surface area contributed by atoms with Gasteiger partial charge in [0.1, 0.15) is 11.6 Å². The monoisotopic (exact) mass is 731 g/mol. The Kier molecular flexibility index (Phi) is 10.6. The Labute approximate surface area is 304 Å². The highest BCUT2D eigenvalue weighted by atomic mass is 32.2. The minimum absolute atomic E-state index is 0.195. The van der Waals surface area contributed by atoms with Gasteiger partial charge in [-0.3, -0.25) is 14.6 Å². The van der Waals surface area contributed by atoms with Crippen molar-refractivity contribution in [3.05, 3.63) is 129 Å². The summed E-state index contributed by atoms with van der Waals surface area (Å²) < 4.78 is 57.3. The summed E-state index contributed by atoms with van der Waals surface area (Å²) in [5.74, 6) is 1.77. The maximum absolute atomic E-state index is 13.6. The minimum atomic E-state index is -4.38. The van der Waals surface area contributed by atoms with E-state index in [0.29, 0.717) is 48.7 Å². The number of benzene rings is 3. The molecule has 2 aromatic heterocycles. The van der Waals surface area contributed by atoms with Gasteiger partial charge in [-0.15, -0.1) is 10.2 Å². The fourth-order valence-corrected chi connectivity index (χ4v) is 8.33. The third-order valence-corrected chi connectivity index (χ3v) is 11.2. The minimum Gasteiger partial charge on any atom is -0.316 e. The molecule has 52 heavy (non-hydrogen) atoms. The van der Waals surface area contributed by atoms with E-state index in [0.717, 1.165) is 90.5 Å². The molecule has 1 aliphatic heterocycles. The van der Waals surface area contributed by atoms with Crippen molar-refractivity contribution in [3.63, 3.8) is 0 Å². The van der Waals surface area contributed by atoms with E-state index < -0.39 is 11.7 Å². The van der Waals surface area contributed by atoms with Gasteiger partial charge in [-0.2, -0.15) is 18.2 Å². The first-order chi connectivity index (χ1) is 25.1. The SMILES string of the molecule is CCN1CCCC1N(C)Cc1nnc(Cn2c(SCc3ccc(F)cc3)nc(=O)c3c2CCC3)n1Cc1ccc(-c2ccc(C(F)(F)F)cc2)cc1. The second kappa shape index (κ2) is 15.3. The van der Waals surface area contributed by atoms with E-state index in [4.69, 9.17) is 10.2 Å². The Bertz CT molecular complexity index is 2060. The summed E-state index contributed by atoms with van der Waals surface area (Å²) in [6, 6.07) is 19.4. The van der Waals surface area contributed by atoms with Crippen molar-refractivity contribution >= 4 is 11.8 Å². The summed E-state index contributed by atoms with van der Waals surface area (Å²) in [4.78, 5) is 22.5. The molecular weight excluding hydrogens is 691 g/mol. The van der Waals surface area contributed by atoms with Gasteiger partial charge in [0.25, 0.3) is 5.56 Å². The molecular formula is C39H41F4N7OS. The van der Waals surface area contributed by atoms with Crippen LogP contribution in [0.2, 0.25) is 0 Å². The predicted molar refractivity (Wildman–Crippen MR) is 193 cm³/mol. The van der Waals surface area contributed by atoms with Gasteiger partial charge >= 0.3 is 6.18 Å². The van der Waals surface area contributed by atoms with Gasteiger partial charge in [0.2, 0.25) is 0 Å². The molecule has 0 N–H and O–H groups in total. The molecule has 0 bridgehead atoms. The maximum Gasteiger partial charge on any atom is 0.416 e. The largest absolute Gasteiger partial charge is 0.416 e. The molecule has 8 nitrogen and oxygen atoms in total. The van der Waals surface area contributed by atoms with E-state index in [9.17, 15) is 22.4 Å².